The van der Waals surface area contributed by atoms with Gasteiger partial charge in [-0.25, -0.2) is 0 Å². The van der Waals surface area contributed by atoms with Crippen molar-refractivity contribution in [1.82, 2.24) is 0 Å². The van der Waals surface area contributed by atoms with Gasteiger partial charge in [-0.2, -0.15) is 0 Å². The summed E-state index contributed by atoms with van der Waals surface area (Å²) in [5.74, 6) is 0.864. The first-order valence-electron chi connectivity index (χ1n) is 7.86. The Morgan fingerprint density at radius 3 is 2.13 bits per heavy atom. The molecule has 0 aromatic heterocycles. The summed E-state index contributed by atoms with van der Waals surface area (Å²) in [5, 5.41) is 2.39. The van der Waals surface area contributed by atoms with Gasteiger partial charge < -0.3 is 18.9 Å². The van der Waals surface area contributed by atoms with Crippen LogP contribution in [0.2, 0.25) is 0 Å². The van der Waals surface area contributed by atoms with Gasteiger partial charge in [0.25, 0.3) is 0 Å². The molecule has 0 N–H and O–H groups in total. The zero-order valence-corrected chi connectivity index (χ0v) is 13.4. The van der Waals surface area contributed by atoms with Crippen LogP contribution in [0.1, 0.15) is 0 Å². The highest BCUT2D eigenvalue weighted by Gasteiger charge is 1.97. The van der Waals surface area contributed by atoms with E-state index >= 15 is 0 Å². The van der Waals surface area contributed by atoms with Crippen molar-refractivity contribution >= 4 is 10.8 Å². The van der Waals surface area contributed by atoms with Gasteiger partial charge in [0.15, 0.2) is 0 Å². The lowest BCUT2D eigenvalue weighted by molar-refractivity contribution is 0.0136. The van der Waals surface area contributed by atoms with Crippen molar-refractivity contribution in [2.24, 2.45) is 0 Å². The molecule has 0 unspecified atom stereocenters. The molecule has 0 aliphatic heterocycles. The Hall–Kier alpha value is -1.88. The Balaban J connectivity index is 1.51. The third kappa shape index (κ3) is 6.82. The number of ether oxygens (including phenoxy) is 4. The molecule has 0 aliphatic carbocycles. The average Bonchev–Trinajstić information content (AvgIpc) is 2.59. The summed E-state index contributed by atoms with van der Waals surface area (Å²) in [6.45, 7) is 7.49. The van der Waals surface area contributed by atoms with Gasteiger partial charge in [-0.1, -0.05) is 36.4 Å². The van der Waals surface area contributed by atoms with E-state index in [4.69, 9.17) is 18.9 Å². The molecule has 23 heavy (non-hydrogen) atoms. The maximum atomic E-state index is 5.69. The Labute approximate surface area is 137 Å². The van der Waals surface area contributed by atoms with Crippen molar-refractivity contribution in [3.8, 4) is 5.75 Å². The lowest BCUT2D eigenvalue weighted by Crippen LogP contribution is -2.12. The Morgan fingerprint density at radius 2 is 1.39 bits per heavy atom. The van der Waals surface area contributed by atoms with Crippen LogP contribution in [0.15, 0.2) is 55.1 Å². The minimum Gasteiger partial charge on any atom is -0.491 e. The third-order valence-electron chi connectivity index (χ3n) is 3.20. The highest BCUT2D eigenvalue weighted by molar-refractivity contribution is 5.83. The van der Waals surface area contributed by atoms with Gasteiger partial charge in [-0.3, -0.25) is 0 Å². The van der Waals surface area contributed by atoms with Crippen molar-refractivity contribution in [3.05, 3.63) is 55.1 Å². The summed E-state index contributed by atoms with van der Waals surface area (Å²) in [6, 6.07) is 14.3. The van der Waals surface area contributed by atoms with Gasteiger partial charge in [0.1, 0.15) is 12.4 Å². The Kier molecular flexibility index (Phi) is 8.19. The van der Waals surface area contributed by atoms with E-state index in [1.165, 1.54) is 10.8 Å². The van der Waals surface area contributed by atoms with Crippen LogP contribution < -0.4 is 4.74 Å². The Bertz CT molecular complexity index is 582. The topological polar surface area (TPSA) is 36.9 Å². The first-order valence-corrected chi connectivity index (χ1v) is 7.86. The van der Waals surface area contributed by atoms with Crippen LogP contribution in [-0.4, -0.2) is 46.2 Å². The summed E-state index contributed by atoms with van der Waals surface area (Å²) < 4.78 is 21.7. The van der Waals surface area contributed by atoms with Crippen molar-refractivity contribution in [3.63, 3.8) is 0 Å². The molecule has 124 valence electrons. The van der Waals surface area contributed by atoms with Gasteiger partial charge in [0.2, 0.25) is 0 Å². The highest BCUT2D eigenvalue weighted by atomic mass is 16.6. The van der Waals surface area contributed by atoms with E-state index in [0.29, 0.717) is 46.2 Å². The summed E-state index contributed by atoms with van der Waals surface area (Å²) >= 11 is 0. The lowest BCUT2D eigenvalue weighted by Gasteiger charge is -2.08. The van der Waals surface area contributed by atoms with Gasteiger partial charge in [0, 0.05) is 0 Å². The zero-order valence-electron chi connectivity index (χ0n) is 13.4. The second-order valence-electron chi connectivity index (χ2n) is 4.95. The lowest BCUT2D eigenvalue weighted by atomic mass is 10.1. The molecule has 0 saturated carbocycles. The molecule has 0 fully saturated rings. The van der Waals surface area contributed by atoms with Gasteiger partial charge >= 0.3 is 0 Å². The number of fused-ring (bicyclic) bond motifs is 1. The fraction of sp³-hybridized carbons (Fsp3) is 0.368. The van der Waals surface area contributed by atoms with Crippen molar-refractivity contribution in [1.29, 1.82) is 0 Å². The van der Waals surface area contributed by atoms with E-state index in [1.807, 2.05) is 24.3 Å². The van der Waals surface area contributed by atoms with E-state index in [2.05, 4.69) is 24.8 Å². The van der Waals surface area contributed by atoms with Crippen molar-refractivity contribution in [2.45, 2.75) is 0 Å². The molecular weight excluding hydrogens is 292 g/mol. The smallest absolute Gasteiger partial charge is 0.120 e. The molecule has 0 spiro atoms. The minimum absolute atomic E-state index is 0.529. The summed E-state index contributed by atoms with van der Waals surface area (Å²) in [7, 11) is 0. The molecule has 0 saturated heterocycles. The molecule has 4 nitrogen and oxygen atoms in total. The van der Waals surface area contributed by atoms with Gasteiger partial charge in [0.05, 0.1) is 39.6 Å². The van der Waals surface area contributed by atoms with Gasteiger partial charge in [-0.15, -0.1) is 6.58 Å². The van der Waals surface area contributed by atoms with E-state index < -0.39 is 0 Å². The van der Waals surface area contributed by atoms with Crippen LogP contribution in [-0.2, 0) is 14.2 Å². The molecule has 2 rings (SSSR count). The molecule has 0 heterocycles. The van der Waals surface area contributed by atoms with Crippen molar-refractivity contribution in [2.75, 3.05) is 46.2 Å². The van der Waals surface area contributed by atoms with Crippen LogP contribution in [0.25, 0.3) is 10.8 Å². The summed E-state index contributed by atoms with van der Waals surface area (Å²) in [4.78, 5) is 0. The first kappa shape index (κ1) is 17.5. The molecule has 0 aliphatic rings. The normalized spacial score (nSPS) is 10.8. The second-order valence-corrected chi connectivity index (χ2v) is 4.95. The van der Waals surface area contributed by atoms with E-state index in [0.717, 1.165) is 5.75 Å². The largest absolute Gasteiger partial charge is 0.491 e. The predicted octanol–water partition coefficient (Wildman–Crippen LogP) is 3.45. The highest BCUT2D eigenvalue weighted by Crippen LogP contribution is 2.20. The number of benzene rings is 2. The molecule has 0 amide bonds. The van der Waals surface area contributed by atoms with Crippen LogP contribution in [0, 0.1) is 0 Å². The SMILES string of the molecule is C=CCOCCOCCOCCOc1ccc2ccccc2c1. The minimum atomic E-state index is 0.529. The van der Waals surface area contributed by atoms with E-state index in [-0.39, 0.29) is 0 Å². The maximum absolute atomic E-state index is 5.69. The molecule has 0 bridgehead atoms. The van der Waals surface area contributed by atoms with E-state index in [9.17, 15) is 0 Å². The van der Waals surface area contributed by atoms with Gasteiger partial charge in [-0.05, 0) is 22.9 Å². The first-order chi connectivity index (χ1) is 11.4. The van der Waals surface area contributed by atoms with Crippen molar-refractivity contribution < 1.29 is 18.9 Å². The van der Waals surface area contributed by atoms with Crippen LogP contribution >= 0.6 is 0 Å². The summed E-state index contributed by atoms with van der Waals surface area (Å²) in [6.07, 6.45) is 1.72. The number of hydrogen-bond acceptors (Lipinski definition) is 4. The molecule has 0 radical (unpaired) electrons. The monoisotopic (exact) mass is 316 g/mol. The number of rotatable bonds is 12. The molecule has 0 atom stereocenters. The second kappa shape index (κ2) is 10.8. The maximum Gasteiger partial charge on any atom is 0.120 e. The molecular formula is C19H24O4. The predicted molar refractivity (Wildman–Crippen MR) is 92.1 cm³/mol. The third-order valence-corrected chi connectivity index (χ3v) is 3.20. The molecule has 2 aromatic rings. The zero-order chi connectivity index (χ0) is 16.2. The molecule has 2 aromatic carbocycles. The summed E-state index contributed by atoms with van der Waals surface area (Å²) in [5.41, 5.74) is 0. The fourth-order valence-electron chi connectivity index (χ4n) is 2.08. The quantitative estimate of drug-likeness (QED) is 0.444. The fourth-order valence-corrected chi connectivity index (χ4v) is 2.08. The standard InChI is InChI=1S/C19H24O4/c1-2-9-20-10-11-21-12-13-22-14-15-23-19-8-7-17-5-3-4-6-18(17)16-19/h2-8,16H,1,9-15H2. The molecule has 4 heteroatoms. The Morgan fingerprint density at radius 1 is 0.739 bits per heavy atom. The van der Waals surface area contributed by atoms with Crippen LogP contribution in [0.5, 0.6) is 5.75 Å². The van der Waals surface area contributed by atoms with E-state index in [1.54, 1.807) is 6.08 Å². The number of hydrogen-bond donors (Lipinski definition) is 0. The van der Waals surface area contributed by atoms with Crippen LogP contribution in [0.4, 0.5) is 0 Å². The average molecular weight is 316 g/mol. The van der Waals surface area contributed by atoms with Crippen LogP contribution in [0.3, 0.4) is 0 Å².